The van der Waals surface area contributed by atoms with Crippen LogP contribution in [-0.4, -0.2) is 27.4 Å². The number of hydrogen-bond donors (Lipinski definition) is 1. The fourth-order valence-electron chi connectivity index (χ4n) is 2.06. The highest BCUT2D eigenvalue weighted by Crippen LogP contribution is 2.21. The normalized spacial score (nSPS) is 15.2. The fraction of sp³-hybridized carbons (Fsp3) is 0.538. The first-order valence-electron chi connectivity index (χ1n) is 6.41. The number of nitrogens with one attached hydrogen (secondary N) is 1. The minimum atomic E-state index is 0.735. The Morgan fingerprint density at radius 1 is 1.50 bits per heavy atom. The summed E-state index contributed by atoms with van der Waals surface area (Å²) in [6.45, 7) is 2.91. The number of aryl methyl sites for hydroxylation is 2. The summed E-state index contributed by atoms with van der Waals surface area (Å²) >= 11 is 0. The molecule has 0 aliphatic heterocycles. The molecule has 5 heteroatoms. The number of oxazole rings is 1. The van der Waals surface area contributed by atoms with Gasteiger partial charge in [0.2, 0.25) is 0 Å². The van der Waals surface area contributed by atoms with Gasteiger partial charge >= 0.3 is 0 Å². The predicted octanol–water partition coefficient (Wildman–Crippen LogP) is 1.68. The van der Waals surface area contributed by atoms with Crippen molar-refractivity contribution in [3.8, 4) is 11.5 Å². The van der Waals surface area contributed by atoms with Crippen molar-refractivity contribution in [2.24, 2.45) is 7.05 Å². The maximum absolute atomic E-state index is 5.75. The van der Waals surface area contributed by atoms with Gasteiger partial charge in [0.05, 0.1) is 11.9 Å². The Morgan fingerprint density at radius 2 is 2.33 bits per heavy atom. The number of nitrogens with zero attached hydrogens (tertiary/aromatic N) is 3. The Balaban J connectivity index is 1.66. The van der Waals surface area contributed by atoms with Crippen LogP contribution in [0.4, 0.5) is 0 Å². The second-order valence-corrected chi connectivity index (χ2v) is 4.89. The topological polar surface area (TPSA) is 55.9 Å². The summed E-state index contributed by atoms with van der Waals surface area (Å²) in [7, 11) is 1.92. The first-order chi connectivity index (χ1) is 8.72. The zero-order valence-corrected chi connectivity index (χ0v) is 10.8. The Morgan fingerprint density at radius 3 is 3.00 bits per heavy atom. The van der Waals surface area contributed by atoms with E-state index in [2.05, 4.69) is 15.4 Å². The van der Waals surface area contributed by atoms with Gasteiger partial charge in [-0.15, -0.1) is 0 Å². The van der Waals surface area contributed by atoms with Gasteiger partial charge in [-0.05, 0) is 25.8 Å². The van der Waals surface area contributed by atoms with Gasteiger partial charge in [0.15, 0.2) is 11.7 Å². The molecule has 5 nitrogen and oxygen atoms in total. The van der Waals surface area contributed by atoms with Gasteiger partial charge in [0.25, 0.3) is 0 Å². The molecule has 96 valence electrons. The molecule has 0 saturated heterocycles. The van der Waals surface area contributed by atoms with E-state index in [0.717, 1.165) is 42.0 Å². The van der Waals surface area contributed by atoms with Gasteiger partial charge in [0, 0.05) is 26.1 Å². The van der Waals surface area contributed by atoms with E-state index in [-0.39, 0.29) is 0 Å². The highest BCUT2D eigenvalue weighted by atomic mass is 16.4. The minimum absolute atomic E-state index is 0.735. The van der Waals surface area contributed by atoms with Crippen LogP contribution in [0, 0.1) is 6.92 Å². The lowest BCUT2D eigenvalue weighted by Gasteiger charge is -1.99. The molecule has 0 amide bonds. The van der Waals surface area contributed by atoms with E-state index in [4.69, 9.17) is 4.42 Å². The molecular weight excluding hydrogens is 228 g/mol. The van der Waals surface area contributed by atoms with Crippen LogP contribution in [0.2, 0.25) is 0 Å². The van der Waals surface area contributed by atoms with Crippen LogP contribution in [0.15, 0.2) is 16.7 Å². The zero-order valence-electron chi connectivity index (χ0n) is 10.8. The average molecular weight is 246 g/mol. The molecule has 1 N–H and O–H groups in total. The first kappa shape index (κ1) is 11.5. The van der Waals surface area contributed by atoms with Crippen LogP contribution >= 0.6 is 0 Å². The lowest BCUT2D eigenvalue weighted by molar-refractivity contribution is 0.491. The average Bonchev–Trinajstić information content (AvgIpc) is 2.92. The van der Waals surface area contributed by atoms with Crippen LogP contribution in [0.3, 0.4) is 0 Å². The van der Waals surface area contributed by atoms with Crippen molar-refractivity contribution in [3.63, 3.8) is 0 Å². The molecule has 0 bridgehead atoms. The van der Waals surface area contributed by atoms with Crippen molar-refractivity contribution >= 4 is 0 Å². The summed E-state index contributed by atoms with van der Waals surface area (Å²) in [6, 6.07) is 2.74. The second-order valence-electron chi connectivity index (χ2n) is 4.89. The molecule has 0 unspecified atom stereocenters. The molecule has 0 spiro atoms. The van der Waals surface area contributed by atoms with Crippen molar-refractivity contribution in [1.29, 1.82) is 0 Å². The fourth-order valence-corrected chi connectivity index (χ4v) is 2.06. The third-order valence-corrected chi connectivity index (χ3v) is 3.16. The van der Waals surface area contributed by atoms with Crippen molar-refractivity contribution in [2.45, 2.75) is 32.2 Å². The van der Waals surface area contributed by atoms with Crippen LogP contribution in [0.1, 0.15) is 24.4 Å². The number of aromatic nitrogens is 3. The quantitative estimate of drug-likeness (QED) is 0.872. The van der Waals surface area contributed by atoms with E-state index >= 15 is 0 Å². The van der Waals surface area contributed by atoms with E-state index in [1.807, 2.05) is 24.7 Å². The van der Waals surface area contributed by atoms with Crippen molar-refractivity contribution in [3.05, 3.63) is 23.8 Å². The van der Waals surface area contributed by atoms with Gasteiger partial charge in [-0.25, -0.2) is 4.98 Å². The van der Waals surface area contributed by atoms with Crippen LogP contribution in [0.5, 0.6) is 0 Å². The standard InChI is InChI=1S/C13H18N4O/c1-9-7-11(17(2)16-9)12-8-15-13(18-12)5-6-14-10-3-4-10/h7-8,10,14H,3-6H2,1-2H3. The Bertz CT molecular complexity index is 539. The number of hydrogen-bond acceptors (Lipinski definition) is 4. The minimum Gasteiger partial charge on any atom is -0.439 e. The molecule has 0 aromatic carbocycles. The first-order valence-corrected chi connectivity index (χ1v) is 6.41. The molecular formula is C13H18N4O. The van der Waals surface area contributed by atoms with E-state index in [0.29, 0.717) is 0 Å². The van der Waals surface area contributed by atoms with Crippen LogP contribution < -0.4 is 5.32 Å². The third kappa shape index (κ3) is 2.46. The van der Waals surface area contributed by atoms with Crippen molar-refractivity contribution in [2.75, 3.05) is 6.54 Å². The van der Waals surface area contributed by atoms with Gasteiger partial charge in [-0.1, -0.05) is 0 Å². The van der Waals surface area contributed by atoms with Crippen molar-refractivity contribution < 1.29 is 4.42 Å². The molecule has 2 aromatic heterocycles. The van der Waals surface area contributed by atoms with Crippen LogP contribution in [-0.2, 0) is 13.5 Å². The molecule has 0 atom stereocenters. The third-order valence-electron chi connectivity index (χ3n) is 3.16. The van der Waals surface area contributed by atoms with E-state index < -0.39 is 0 Å². The molecule has 2 aromatic rings. The van der Waals surface area contributed by atoms with Gasteiger partial charge in [0.1, 0.15) is 5.69 Å². The summed E-state index contributed by atoms with van der Waals surface area (Å²) in [5.74, 6) is 1.58. The summed E-state index contributed by atoms with van der Waals surface area (Å²) in [6.07, 6.45) is 5.24. The zero-order chi connectivity index (χ0) is 12.5. The molecule has 18 heavy (non-hydrogen) atoms. The summed E-state index contributed by atoms with van der Waals surface area (Å²) < 4.78 is 7.58. The maximum Gasteiger partial charge on any atom is 0.196 e. The SMILES string of the molecule is Cc1cc(-c2cnc(CCNC3CC3)o2)n(C)n1. The Hall–Kier alpha value is -1.62. The summed E-state index contributed by atoms with van der Waals surface area (Å²) in [5.41, 5.74) is 1.96. The molecule has 3 rings (SSSR count). The molecule has 1 saturated carbocycles. The predicted molar refractivity (Wildman–Crippen MR) is 68.2 cm³/mol. The lowest BCUT2D eigenvalue weighted by atomic mass is 10.3. The Kier molecular flexibility index (Phi) is 2.91. The van der Waals surface area contributed by atoms with E-state index in [1.54, 1.807) is 6.20 Å². The summed E-state index contributed by atoms with van der Waals surface area (Å²) in [5, 5.41) is 7.76. The Labute approximate surface area is 106 Å². The summed E-state index contributed by atoms with van der Waals surface area (Å²) in [4.78, 5) is 4.31. The van der Waals surface area contributed by atoms with E-state index in [9.17, 15) is 0 Å². The molecule has 1 aliphatic carbocycles. The second kappa shape index (κ2) is 4.57. The molecule has 1 aliphatic rings. The highest BCUT2D eigenvalue weighted by Gasteiger charge is 2.20. The monoisotopic (exact) mass is 246 g/mol. The lowest BCUT2D eigenvalue weighted by Crippen LogP contribution is -2.19. The maximum atomic E-state index is 5.75. The molecule has 1 fully saturated rings. The largest absolute Gasteiger partial charge is 0.439 e. The molecule has 0 radical (unpaired) electrons. The van der Waals surface area contributed by atoms with Gasteiger partial charge in [-0.3, -0.25) is 4.68 Å². The van der Waals surface area contributed by atoms with Crippen molar-refractivity contribution in [1.82, 2.24) is 20.1 Å². The highest BCUT2D eigenvalue weighted by molar-refractivity contribution is 5.51. The van der Waals surface area contributed by atoms with Gasteiger partial charge < -0.3 is 9.73 Å². The van der Waals surface area contributed by atoms with Crippen LogP contribution in [0.25, 0.3) is 11.5 Å². The van der Waals surface area contributed by atoms with Gasteiger partial charge in [-0.2, -0.15) is 5.10 Å². The van der Waals surface area contributed by atoms with E-state index in [1.165, 1.54) is 12.8 Å². The smallest absolute Gasteiger partial charge is 0.196 e. The molecule has 2 heterocycles. The number of rotatable bonds is 5.